The van der Waals surface area contributed by atoms with Crippen molar-refractivity contribution in [1.29, 1.82) is 0 Å². The Hall–Kier alpha value is -2.81. The van der Waals surface area contributed by atoms with Gasteiger partial charge in [0, 0.05) is 5.69 Å². The van der Waals surface area contributed by atoms with Crippen LogP contribution >= 0.6 is 0 Å². The van der Waals surface area contributed by atoms with Crippen molar-refractivity contribution in [2.24, 2.45) is 0 Å². The number of rotatable bonds is 10. The molecule has 0 radical (unpaired) electrons. The predicted molar refractivity (Wildman–Crippen MR) is 113 cm³/mol. The zero-order chi connectivity index (χ0) is 19.7. The van der Waals surface area contributed by atoms with Crippen molar-refractivity contribution in [3.05, 3.63) is 91.0 Å². The van der Waals surface area contributed by atoms with E-state index in [0.29, 0.717) is 6.61 Å². The molecule has 0 aliphatic carbocycles. The van der Waals surface area contributed by atoms with Gasteiger partial charge in [0.1, 0.15) is 0 Å². The summed E-state index contributed by atoms with van der Waals surface area (Å²) in [6.07, 6.45) is 5.29. The molecule has 0 spiro atoms. The van der Waals surface area contributed by atoms with Crippen LogP contribution in [0, 0.1) is 0 Å². The van der Waals surface area contributed by atoms with Gasteiger partial charge in [0.15, 0.2) is 0 Å². The van der Waals surface area contributed by atoms with Gasteiger partial charge in [0.2, 0.25) is 0 Å². The fourth-order valence-electron chi connectivity index (χ4n) is 3.38. The number of para-hydroxylation sites is 1. The molecule has 2 aromatic carbocycles. The SMILES string of the molecule is C=CCC(CC=C)(Nc1ccccc1C(C)C(=O)OCC)c1ccccc1. The normalized spacial score (nSPS) is 12.1. The number of carbonyl (C=O) groups is 1. The molecule has 0 saturated carbocycles. The Balaban J connectivity index is 2.48. The number of nitrogens with one attached hydrogen (secondary N) is 1. The summed E-state index contributed by atoms with van der Waals surface area (Å²) in [5.74, 6) is -0.570. The number of hydrogen-bond donors (Lipinski definition) is 1. The van der Waals surface area contributed by atoms with Crippen LogP contribution in [0.25, 0.3) is 0 Å². The summed E-state index contributed by atoms with van der Waals surface area (Å²) in [4.78, 5) is 12.3. The van der Waals surface area contributed by atoms with E-state index in [-0.39, 0.29) is 17.4 Å². The lowest BCUT2D eigenvalue weighted by Gasteiger charge is -2.36. The molecule has 27 heavy (non-hydrogen) atoms. The van der Waals surface area contributed by atoms with Crippen molar-refractivity contribution in [1.82, 2.24) is 0 Å². The largest absolute Gasteiger partial charge is 0.466 e. The third-order valence-electron chi connectivity index (χ3n) is 4.75. The number of ether oxygens (including phenoxy) is 1. The van der Waals surface area contributed by atoms with Gasteiger partial charge >= 0.3 is 5.97 Å². The fraction of sp³-hybridized carbons (Fsp3) is 0.292. The molecule has 0 aliphatic heterocycles. The summed E-state index contributed by atoms with van der Waals surface area (Å²) >= 11 is 0. The summed E-state index contributed by atoms with van der Waals surface area (Å²) in [6.45, 7) is 12.0. The van der Waals surface area contributed by atoms with E-state index in [4.69, 9.17) is 4.74 Å². The van der Waals surface area contributed by atoms with Gasteiger partial charge in [-0.15, -0.1) is 13.2 Å². The van der Waals surface area contributed by atoms with E-state index in [9.17, 15) is 4.79 Å². The molecular formula is C24H29NO2. The summed E-state index contributed by atoms with van der Waals surface area (Å²) in [6, 6.07) is 18.2. The van der Waals surface area contributed by atoms with Crippen LogP contribution in [-0.4, -0.2) is 12.6 Å². The van der Waals surface area contributed by atoms with Crippen LogP contribution in [0.4, 0.5) is 5.69 Å². The standard InChI is InChI=1S/C24H29NO2/c1-5-17-24(18-6-2,20-13-9-8-10-14-20)25-22-16-12-11-15-21(22)19(4)23(26)27-7-3/h5-6,8-16,19,25H,1-2,7,17-18H2,3-4H3. The molecule has 1 unspecified atom stereocenters. The van der Waals surface area contributed by atoms with Gasteiger partial charge in [-0.3, -0.25) is 4.79 Å². The second kappa shape index (κ2) is 9.77. The van der Waals surface area contributed by atoms with Gasteiger partial charge in [0.25, 0.3) is 0 Å². The van der Waals surface area contributed by atoms with Crippen molar-refractivity contribution in [2.75, 3.05) is 11.9 Å². The zero-order valence-electron chi connectivity index (χ0n) is 16.3. The molecule has 1 atom stereocenters. The van der Waals surface area contributed by atoms with Crippen LogP contribution in [0.2, 0.25) is 0 Å². The van der Waals surface area contributed by atoms with Crippen LogP contribution < -0.4 is 5.32 Å². The summed E-state index contributed by atoms with van der Waals surface area (Å²) in [5, 5.41) is 3.71. The van der Waals surface area contributed by atoms with Gasteiger partial charge in [-0.25, -0.2) is 0 Å². The lowest BCUT2D eigenvalue weighted by molar-refractivity contribution is -0.144. The maximum Gasteiger partial charge on any atom is 0.313 e. The maximum atomic E-state index is 12.3. The molecule has 2 rings (SSSR count). The van der Waals surface area contributed by atoms with E-state index in [0.717, 1.165) is 29.7 Å². The highest BCUT2D eigenvalue weighted by Crippen LogP contribution is 2.37. The molecule has 2 aromatic rings. The maximum absolute atomic E-state index is 12.3. The molecule has 0 heterocycles. The highest BCUT2D eigenvalue weighted by molar-refractivity contribution is 5.80. The highest BCUT2D eigenvalue weighted by atomic mass is 16.5. The fourth-order valence-corrected chi connectivity index (χ4v) is 3.38. The van der Waals surface area contributed by atoms with E-state index < -0.39 is 0 Å². The number of carbonyl (C=O) groups excluding carboxylic acids is 1. The minimum atomic E-state index is -0.380. The van der Waals surface area contributed by atoms with E-state index in [1.165, 1.54) is 0 Å². The Morgan fingerprint density at radius 2 is 1.67 bits per heavy atom. The minimum absolute atomic E-state index is 0.218. The molecule has 0 aliphatic rings. The molecule has 3 heteroatoms. The average Bonchev–Trinajstić information content (AvgIpc) is 2.69. The second-order valence-electron chi connectivity index (χ2n) is 6.62. The minimum Gasteiger partial charge on any atom is -0.466 e. The summed E-state index contributed by atoms with van der Waals surface area (Å²) in [7, 11) is 0. The first-order valence-electron chi connectivity index (χ1n) is 9.39. The molecular weight excluding hydrogens is 334 g/mol. The zero-order valence-corrected chi connectivity index (χ0v) is 16.3. The van der Waals surface area contributed by atoms with Crippen molar-refractivity contribution in [2.45, 2.75) is 38.1 Å². The highest BCUT2D eigenvalue weighted by Gasteiger charge is 2.31. The van der Waals surface area contributed by atoms with Crippen molar-refractivity contribution in [3.8, 4) is 0 Å². The quantitative estimate of drug-likeness (QED) is 0.427. The van der Waals surface area contributed by atoms with Gasteiger partial charge in [-0.1, -0.05) is 60.7 Å². The lowest BCUT2D eigenvalue weighted by atomic mass is 9.82. The van der Waals surface area contributed by atoms with Crippen LogP contribution in [0.15, 0.2) is 79.9 Å². The first kappa shape index (κ1) is 20.5. The van der Waals surface area contributed by atoms with Crippen LogP contribution in [0.1, 0.15) is 43.7 Å². The first-order chi connectivity index (χ1) is 13.1. The molecule has 142 valence electrons. The van der Waals surface area contributed by atoms with E-state index >= 15 is 0 Å². The van der Waals surface area contributed by atoms with E-state index in [1.54, 1.807) is 0 Å². The van der Waals surface area contributed by atoms with Crippen LogP contribution in [0.3, 0.4) is 0 Å². The number of esters is 1. The van der Waals surface area contributed by atoms with E-state index in [1.807, 2.05) is 68.5 Å². The van der Waals surface area contributed by atoms with Crippen LogP contribution in [-0.2, 0) is 15.1 Å². The first-order valence-corrected chi connectivity index (χ1v) is 9.39. The summed E-state index contributed by atoms with van der Waals surface area (Å²) < 4.78 is 5.22. The van der Waals surface area contributed by atoms with E-state index in [2.05, 4.69) is 30.6 Å². The Morgan fingerprint density at radius 1 is 1.07 bits per heavy atom. The average molecular weight is 364 g/mol. The number of anilines is 1. The Morgan fingerprint density at radius 3 is 2.26 bits per heavy atom. The Bertz CT molecular complexity index is 757. The van der Waals surface area contributed by atoms with Gasteiger partial charge in [-0.05, 0) is 43.9 Å². The van der Waals surface area contributed by atoms with Gasteiger partial charge < -0.3 is 10.1 Å². The predicted octanol–water partition coefficient (Wildman–Crippen LogP) is 5.81. The molecule has 0 amide bonds. The third kappa shape index (κ3) is 4.88. The molecule has 3 nitrogen and oxygen atoms in total. The van der Waals surface area contributed by atoms with Crippen molar-refractivity contribution < 1.29 is 9.53 Å². The topological polar surface area (TPSA) is 38.3 Å². The Labute approximate surface area is 162 Å². The molecule has 0 bridgehead atoms. The molecule has 1 N–H and O–H groups in total. The number of hydrogen-bond acceptors (Lipinski definition) is 3. The summed E-state index contributed by atoms with van der Waals surface area (Å²) in [5.41, 5.74) is 2.62. The lowest BCUT2D eigenvalue weighted by Crippen LogP contribution is -2.35. The van der Waals surface area contributed by atoms with Gasteiger partial charge in [-0.2, -0.15) is 0 Å². The molecule has 0 fully saturated rings. The monoisotopic (exact) mass is 363 g/mol. The van der Waals surface area contributed by atoms with Crippen LogP contribution in [0.5, 0.6) is 0 Å². The van der Waals surface area contributed by atoms with Gasteiger partial charge in [0.05, 0.1) is 18.1 Å². The Kier molecular flexibility index (Phi) is 7.42. The number of benzene rings is 2. The molecule has 0 saturated heterocycles. The van der Waals surface area contributed by atoms with Crippen molar-refractivity contribution >= 4 is 11.7 Å². The third-order valence-corrected chi connectivity index (χ3v) is 4.75. The molecule has 0 aromatic heterocycles. The smallest absolute Gasteiger partial charge is 0.313 e. The second-order valence-corrected chi connectivity index (χ2v) is 6.62. The van der Waals surface area contributed by atoms with Crippen molar-refractivity contribution in [3.63, 3.8) is 0 Å².